The third-order valence-electron chi connectivity index (χ3n) is 5.04. The Balaban J connectivity index is 1.77. The van der Waals surface area contributed by atoms with Gasteiger partial charge in [0.25, 0.3) is 0 Å². The Kier molecular flexibility index (Phi) is 5.47. The quantitative estimate of drug-likeness (QED) is 0.582. The smallest absolute Gasteiger partial charge is 0.0946 e. The van der Waals surface area contributed by atoms with E-state index in [1.807, 2.05) is 12.5 Å². The summed E-state index contributed by atoms with van der Waals surface area (Å²) in [5.74, 6) is 1.11. The summed E-state index contributed by atoms with van der Waals surface area (Å²) in [5.41, 5.74) is 4.28. The van der Waals surface area contributed by atoms with E-state index < -0.39 is 0 Å². The first-order valence-corrected chi connectivity index (χ1v) is 8.79. The lowest BCUT2D eigenvalue weighted by Gasteiger charge is -2.26. The molecule has 2 heteroatoms. The first kappa shape index (κ1) is 16.5. The molecule has 3 rings (SSSR count). The van der Waals surface area contributed by atoms with Crippen LogP contribution in [0.1, 0.15) is 36.0 Å². The number of hydrogen-bond acceptors (Lipinski definition) is 1. The van der Waals surface area contributed by atoms with E-state index in [-0.39, 0.29) is 0 Å². The Hall–Kier alpha value is -2.35. The maximum atomic E-state index is 4.21. The Bertz CT molecular complexity index is 732. The number of aromatic nitrogens is 2. The van der Waals surface area contributed by atoms with E-state index >= 15 is 0 Å². The Morgan fingerprint density at radius 1 is 1.00 bits per heavy atom. The van der Waals surface area contributed by atoms with Gasteiger partial charge in [0, 0.05) is 18.9 Å². The normalized spacial score (nSPS) is 13.6. The average molecular weight is 318 g/mol. The molecule has 0 saturated carbocycles. The van der Waals surface area contributed by atoms with E-state index in [9.17, 15) is 0 Å². The molecule has 124 valence electrons. The molecule has 0 saturated heterocycles. The summed E-state index contributed by atoms with van der Waals surface area (Å²) in [4.78, 5) is 4.21. The van der Waals surface area contributed by atoms with Crippen molar-refractivity contribution in [1.29, 1.82) is 0 Å². The van der Waals surface area contributed by atoms with Gasteiger partial charge < -0.3 is 4.57 Å². The van der Waals surface area contributed by atoms with Gasteiger partial charge in [-0.3, -0.25) is 0 Å². The molecule has 0 fully saturated rings. The highest BCUT2D eigenvalue weighted by Crippen LogP contribution is 2.31. The van der Waals surface area contributed by atoms with Gasteiger partial charge in [-0.1, -0.05) is 61.5 Å². The Labute approximate surface area is 145 Å². The minimum atomic E-state index is 0.525. The summed E-state index contributed by atoms with van der Waals surface area (Å²) in [7, 11) is 0. The van der Waals surface area contributed by atoms with E-state index in [1.54, 1.807) is 0 Å². The molecule has 3 aromatic rings. The summed E-state index contributed by atoms with van der Waals surface area (Å²) in [6, 6.07) is 19.6. The van der Waals surface area contributed by atoms with Gasteiger partial charge >= 0.3 is 0 Å². The summed E-state index contributed by atoms with van der Waals surface area (Å²) in [6.45, 7) is 5.61. The summed E-state index contributed by atoms with van der Waals surface area (Å²) < 4.78 is 2.21. The Morgan fingerprint density at radius 2 is 1.75 bits per heavy atom. The first-order valence-electron chi connectivity index (χ1n) is 8.79. The maximum absolute atomic E-state index is 4.21. The zero-order valence-corrected chi connectivity index (χ0v) is 14.6. The number of nitrogens with zero attached hydrogens (tertiary/aromatic N) is 2. The van der Waals surface area contributed by atoms with Gasteiger partial charge in [-0.05, 0) is 48.3 Å². The van der Waals surface area contributed by atoms with Crippen molar-refractivity contribution in [3.05, 3.63) is 90.0 Å². The van der Waals surface area contributed by atoms with Crippen LogP contribution in [-0.2, 0) is 13.0 Å². The predicted molar refractivity (Wildman–Crippen MR) is 100 cm³/mol. The van der Waals surface area contributed by atoms with E-state index in [0.29, 0.717) is 11.8 Å². The molecule has 2 aromatic carbocycles. The zero-order chi connectivity index (χ0) is 16.8. The fraction of sp³-hybridized carbons (Fsp3) is 0.318. The highest BCUT2D eigenvalue weighted by molar-refractivity contribution is 5.29. The minimum absolute atomic E-state index is 0.525. The lowest BCUT2D eigenvalue weighted by molar-refractivity contribution is 0.359. The fourth-order valence-corrected chi connectivity index (χ4v) is 3.51. The predicted octanol–water partition coefficient (Wildman–Crippen LogP) is 5.24. The van der Waals surface area contributed by atoms with Crippen molar-refractivity contribution in [1.82, 2.24) is 9.55 Å². The highest BCUT2D eigenvalue weighted by atomic mass is 15.0. The van der Waals surface area contributed by atoms with Gasteiger partial charge in [0.15, 0.2) is 0 Å². The van der Waals surface area contributed by atoms with Crippen molar-refractivity contribution in [3.63, 3.8) is 0 Å². The first-order chi connectivity index (χ1) is 11.7. The molecular formula is C22H26N2. The molecule has 1 heterocycles. The number of benzene rings is 2. The van der Waals surface area contributed by atoms with Crippen molar-refractivity contribution in [2.45, 2.75) is 39.2 Å². The molecule has 0 bridgehead atoms. The van der Waals surface area contributed by atoms with Crippen LogP contribution in [0.5, 0.6) is 0 Å². The minimum Gasteiger partial charge on any atom is -0.337 e. The third-order valence-corrected chi connectivity index (χ3v) is 5.04. The van der Waals surface area contributed by atoms with E-state index in [0.717, 1.165) is 13.0 Å². The van der Waals surface area contributed by atoms with E-state index in [2.05, 4.69) is 84.2 Å². The second-order valence-corrected chi connectivity index (χ2v) is 6.69. The number of hydrogen-bond donors (Lipinski definition) is 0. The third kappa shape index (κ3) is 4.14. The fourth-order valence-electron chi connectivity index (χ4n) is 3.51. The van der Waals surface area contributed by atoms with Crippen LogP contribution < -0.4 is 0 Å². The van der Waals surface area contributed by atoms with E-state index in [4.69, 9.17) is 0 Å². The maximum Gasteiger partial charge on any atom is 0.0946 e. The van der Waals surface area contributed by atoms with Gasteiger partial charge in [-0.25, -0.2) is 4.98 Å². The molecule has 0 radical (unpaired) electrons. The second kappa shape index (κ2) is 7.96. The van der Waals surface area contributed by atoms with Crippen molar-refractivity contribution in [3.8, 4) is 0 Å². The van der Waals surface area contributed by atoms with Crippen molar-refractivity contribution >= 4 is 0 Å². The molecule has 0 amide bonds. The van der Waals surface area contributed by atoms with Gasteiger partial charge in [0.1, 0.15) is 0 Å². The number of imidazole rings is 1. The molecule has 0 spiro atoms. The van der Waals surface area contributed by atoms with Crippen LogP contribution in [0.2, 0.25) is 0 Å². The van der Waals surface area contributed by atoms with Crippen molar-refractivity contribution in [2.24, 2.45) is 5.92 Å². The molecule has 24 heavy (non-hydrogen) atoms. The summed E-state index contributed by atoms with van der Waals surface area (Å²) in [6.07, 6.45) is 8.17. The monoisotopic (exact) mass is 318 g/mol. The SMILES string of the molecule is Cc1ccccc1C(C)C(CCc1ccccc1)Cn1ccnc1. The van der Waals surface area contributed by atoms with Gasteiger partial charge in [0.2, 0.25) is 0 Å². The largest absolute Gasteiger partial charge is 0.337 e. The van der Waals surface area contributed by atoms with Crippen LogP contribution in [0.4, 0.5) is 0 Å². The second-order valence-electron chi connectivity index (χ2n) is 6.69. The number of aryl methyl sites for hydroxylation is 2. The van der Waals surface area contributed by atoms with Gasteiger partial charge in [-0.15, -0.1) is 0 Å². The molecule has 0 aliphatic heterocycles. The molecule has 2 unspecified atom stereocenters. The number of rotatable bonds is 7. The van der Waals surface area contributed by atoms with Crippen LogP contribution >= 0.6 is 0 Å². The van der Waals surface area contributed by atoms with Crippen LogP contribution in [0.3, 0.4) is 0 Å². The standard InChI is InChI=1S/C22H26N2/c1-18-8-6-7-11-22(18)19(2)21(16-24-15-14-23-17-24)13-12-20-9-4-3-5-10-20/h3-11,14-15,17,19,21H,12-13,16H2,1-2H3. The summed E-state index contributed by atoms with van der Waals surface area (Å²) in [5, 5.41) is 0. The molecule has 2 atom stereocenters. The molecule has 1 aromatic heterocycles. The zero-order valence-electron chi connectivity index (χ0n) is 14.6. The molecule has 0 aliphatic carbocycles. The topological polar surface area (TPSA) is 17.8 Å². The summed E-state index contributed by atoms with van der Waals surface area (Å²) >= 11 is 0. The van der Waals surface area contributed by atoms with Crippen LogP contribution in [0.15, 0.2) is 73.3 Å². The lowest BCUT2D eigenvalue weighted by atomic mass is 9.82. The van der Waals surface area contributed by atoms with Crippen molar-refractivity contribution < 1.29 is 0 Å². The molecule has 0 aliphatic rings. The van der Waals surface area contributed by atoms with Gasteiger partial charge in [-0.2, -0.15) is 0 Å². The molecular weight excluding hydrogens is 292 g/mol. The average Bonchev–Trinajstić information content (AvgIpc) is 3.12. The molecule has 0 N–H and O–H groups in total. The van der Waals surface area contributed by atoms with Crippen LogP contribution in [0.25, 0.3) is 0 Å². The van der Waals surface area contributed by atoms with Crippen molar-refractivity contribution in [2.75, 3.05) is 0 Å². The Morgan fingerprint density at radius 3 is 2.46 bits per heavy atom. The lowest BCUT2D eigenvalue weighted by Crippen LogP contribution is -2.18. The van der Waals surface area contributed by atoms with Gasteiger partial charge in [0.05, 0.1) is 6.33 Å². The highest BCUT2D eigenvalue weighted by Gasteiger charge is 2.20. The van der Waals surface area contributed by atoms with Crippen LogP contribution in [-0.4, -0.2) is 9.55 Å². The van der Waals surface area contributed by atoms with Crippen LogP contribution in [0, 0.1) is 12.8 Å². The molecule has 2 nitrogen and oxygen atoms in total. The van der Waals surface area contributed by atoms with E-state index in [1.165, 1.54) is 23.1 Å².